The van der Waals surface area contributed by atoms with E-state index in [-0.39, 0.29) is 41.4 Å². The molecule has 0 saturated carbocycles. The highest BCUT2D eigenvalue weighted by Crippen LogP contribution is 2.20. The lowest BCUT2D eigenvalue weighted by atomic mass is 9.89. The molecule has 0 aromatic carbocycles. The molecule has 0 bridgehead atoms. The van der Waals surface area contributed by atoms with Crippen LogP contribution in [-0.4, -0.2) is 76.3 Å². The van der Waals surface area contributed by atoms with Crippen LogP contribution < -0.4 is 16.0 Å². The third-order valence-electron chi connectivity index (χ3n) is 4.50. The van der Waals surface area contributed by atoms with E-state index in [1.165, 1.54) is 0 Å². The topological polar surface area (TPSA) is 78.0 Å². The molecule has 0 radical (unpaired) electrons. The summed E-state index contributed by atoms with van der Waals surface area (Å²) in [6, 6.07) is 0.382. The fourth-order valence-corrected chi connectivity index (χ4v) is 2.84. The maximum absolute atomic E-state index is 11.4. The molecule has 1 rings (SSSR count). The normalized spacial score (nSPS) is 18.2. The summed E-state index contributed by atoms with van der Waals surface area (Å²) in [5.74, 6) is 0.887. The summed E-state index contributed by atoms with van der Waals surface area (Å²) < 4.78 is 5.57. The van der Waals surface area contributed by atoms with E-state index in [1.54, 1.807) is 21.2 Å². The van der Waals surface area contributed by atoms with Gasteiger partial charge in [0.05, 0.1) is 12.6 Å². The van der Waals surface area contributed by atoms with E-state index in [0.717, 1.165) is 38.4 Å². The van der Waals surface area contributed by atoms with Crippen LogP contribution in [0.5, 0.6) is 0 Å². The Balaban J connectivity index is 0.00000576. The first-order valence-electron chi connectivity index (χ1n) is 8.73. The molecule has 1 saturated heterocycles. The van der Waals surface area contributed by atoms with Crippen molar-refractivity contribution < 1.29 is 9.53 Å². The average molecular weight is 469 g/mol. The molecule has 1 amide bonds. The summed E-state index contributed by atoms with van der Waals surface area (Å²) in [5.41, 5.74) is 0.0752. The molecule has 1 atom stereocenters. The van der Waals surface area contributed by atoms with Gasteiger partial charge >= 0.3 is 0 Å². The highest BCUT2D eigenvalue weighted by molar-refractivity contribution is 14.0. The molecule has 0 aliphatic carbocycles. The maximum Gasteiger partial charge on any atom is 0.233 e. The first-order valence-corrected chi connectivity index (χ1v) is 8.73. The van der Waals surface area contributed by atoms with E-state index < -0.39 is 0 Å². The Bertz CT molecular complexity index is 418. The van der Waals surface area contributed by atoms with Gasteiger partial charge in [-0.25, -0.2) is 0 Å². The maximum atomic E-state index is 11.4. The predicted molar refractivity (Wildman–Crippen MR) is 114 cm³/mol. The van der Waals surface area contributed by atoms with Crippen molar-refractivity contribution in [1.29, 1.82) is 0 Å². The summed E-state index contributed by atoms with van der Waals surface area (Å²) in [4.78, 5) is 17.9. The zero-order valence-electron chi connectivity index (χ0n) is 16.5. The van der Waals surface area contributed by atoms with Crippen LogP contribution in [-0.2, 0) is 9.53 Å². The van der Waals surface area contributed by atoms with Crippen molar-refractivity contribution in [3.8, 4) is 0 Å². The number of halogens is 1. The number of piperidine rings is 1. The summed E-state index contributed by atoms with van der Waals surface area (Å²) >= 11 is 0. The molecule has 148 valence electrons. The van der Waals surface area contributed by atoms with Gasteiger partial charge < -0.3 is 20.7 Å². The molecule has 1 aliphatic heterocycles. The number of nitrogens with zero attached hydrogens (tertiary/aromatic N) is 2. The Hall–Kier alpha value is -0.610. The predicted octanol–water partition coefficient (Wildman–Crippen LogP) is 1.04. The number of guanidine groups is 1. The number of carbonyl (C=O) groups is 1. The van der Waals surface area contributed by atoms with Crippen LogP contribution in [0.2, 0.25) is 0 Å². The van der Waals surface area contributed by atoms with Crippen LogP contribution >= 0.6 is 24.0 Å². The summed E-state index contributed by atoms with van der Waals surface area (Å²) in [5, 5.41) is 9.52. The summed E-state index contributed by atoms with van der Waals surface area (Å²) in [6.45, 7) is 9.55. The lowest BCUT2D eigenvalue weighted by Gasteiger charge is -2.33. The number of likely N-dealkylation sites (tertiary alicyclic amines) is 1. The van der Waals surface area contributed by atoms with Gasteiger partial charge in [-0.1, -0.05) is 20.8 Å². The van der Waals surface area contributed by atoms with Gasteiger partial charge in [-0.05, 0) is 18.3 Å². The molecular formula is C17H36IN5O2. The number of rotatable bonds is 6. The van der Waals surface area contributed by atoms with Crippen molar-refractivity contribution >= 4 is 35.8 Å². The second kappa shape index (κ2) is 11.9. The highest BCUT2D eigenvalue weighted by Gasteiger charge is 2.25. The van der Waals surface area contributed by atoms with Crippen molar-refractivity contribution in [3.63, 3.8) is 0 Å². The van der Waals surface area contributed by atoms with Crippen molar-refractivity contribution in [2.45, 2.75) is 45.8 Å². The zero-order valence-corrected chi connectivity index (χ0v) is 18.8. The molecule has 0 spiro atoms. The number of hydrogen-bond donors (Lipinski definition) is 3. The number of carbonyl (C=O) groups excluding carboxylic acids is 1. The lowest BCUT2D eigenvalue weighted by Crippen LogP contribution is -2.51. The molecule has 0 aromatic rings. The quantitative estimate of drug-likeness (QED) is 0.308. The lowest BCUT2D eigenvalue weighted by molar-refractivity contribution is -0.122. The summed E-state index contributed by atoms with van der Waals surface area (Å²) in [7, 11) is 5.21. The SMILES string of the molecule is CN=C(NCC(OC)C(C)(C)C)NC1CCN(CC(=O)NC)CC1.I. The Labute approximate surface area is 169 Å². The van der Waals surface area contributed by atoms with Gasteiger partial charge in [-0.2, -0.15) is 0 Å². The largest absolute Gasteiger partial charge is 0.379 e. The van der Waals surface area contributed by atoms with Gasteiger partial charge in [0.1, 0.15) is 0 Å². The van der Waals surface area contributed by atoms with E-state index in [4.69, 9.17) is 4.74 Å². The summed E-state index contributed by atoms with van der Waals surface area (Å²) in [6.07, 6.45) is 2.13. The van der Waals surface area contributed by atoms with E-state index in [1.807, 2.05) is 0 Å². The number of ether oxygens (including phenoxy) is 1. The minimum Gasteiger partial charge on any atom is -0.379 e. The Morgan fingerprint density at radius 3 is 2.36 bits per heavy atom. The average Bonchev–Trinajstić information content (AvgIpc) is 2.54. The fraction of sp³-hybridized carbons (Fsp3) is 0.882. The standard InChI is InChI=1S/C17H35N5O2.HI/c1-17(2,3)14(24-6)11-20-16(19-5)21-13-7-9-22(10-8-13)12-15(23)18-4;/h13-14H,7-12H2,1-6H3,(H,18,23)(H2,19,20,21);1H. The number of amides is 1. The Morgan fingerprint density at radius 1 is 1.32 bits per heavy atom. The third-order valence-corrected chi connectivity index (χ3v) is 4.50. The van der Waals surface area contributed by atoms with E-state index >= 15 is 0 Å². The van der Waals surface area contributed by atoms with Crippen molar-refractivity contribution in [2.24, 2.45) is 10.4 Å². The van der Waals surface area contributed by atoms with Crippen LogP contribution in [0.25, 0.3) is 0 Å². The molecule has 8 heteroatoms. The van der Waals surface area contributed by atoms with E-state index in [0.29, 0.717) is 12.6 Å². The minimum atomic E-state index is 0. The van der Waals surface area contributed by atoms with Crippen LogP contribution in [0.3, 0.4) is 0 Å². The fourth-order valence-electron chi connectivity index (χ4n) is 2.84. The monoisotopic (exact) mass is 469 g/mol. The van der Waals surface area contributed by atoms with Gasteiger partial charge in [0.15, 0.2) is 5.96 Å². The van der Waals surface area contributed by atoms with Crippen LogP contribution in [0.1, 0.15) is 33.6 Å². The third kappa shape index (κ3) is 9.05. The molecule has 3 N–H and O–H groups in total. The number of likely N-dealkylation sites (N-methyl/N-ethyl adjacent to an activating group) is 1. The van der Waals surface area contributed by atoms with Crippen molar-refractivity contribution in [2.75, 3.05) is 47.4 Å². The van der Waals surface area contributed by atoms with E-state index in [2.05, 4.69) is 46.6 Å². The first kappa shape index (κ1) is 24.4. The van der Waals surface area contributed by atoms with Crippen LogP contribution in [0.4, 0.5) is 0 Å². The molecule has 1 fully saturated rings. The van der Waals surface area contributed by atoms with Gasteiger partial charge in [0.25, 0.3) is 0 Å². The van der Waals surface area contributed by atoms with Gasteiger partial charge in [0.2, 0.25) is 5.91 Å². The number of aliphatic imine (C=N–C) groups is 1. The van der Waals surface area contributed by atoms with Crippen LogP contribution in [0.15, 0.2) is 4.99 Å². The molecule has 1 unspecified atom stereocenters. The second-order valence-electron chi connectivity index (χ2n) is 7.41. The number of methoxy groups -OCH3 is 1. The van der Waals surface area contributed by atoms with Crippen LogP contribution in [0, 0.1) is 5.41 Å². The molecule has 7 nitrogen and oxygen atoms in total. The first-order chi connectivity index (χ1) is 11.3. The van der Waals surface area contributed by atoms with Crippen molar-refractivity contribution in [3.05, 3.63) is 0 Å². The van der Waals surface area contributed by atoms with E-state index in [9.17, 15) is 4.79 Å². The second-order valence-corrected chi connectivity index (χ2v) is 7.41. The van der Waals surface area contributed by atoms with Gasteiger partial charge in [-0.3, -0.25) is 14.7 Å². The number of nitrogens with one attached hydrogen (secondary N) is 3. The number of hydrogen-bond acceptors (Lipinski definition) is 4. The molecule has 1 aliphatic rings. The highest BCUT2D eigenvalue weighted by atomic mass is 127. The Kier molecular flexibility index (Phi) is 11.6. The van der Waals surface area contributed by atoms with Gasteiger partial charge in [0, 0.05) is 46.9 Å². The minimum absolute atomic E-state index is 0. The zero-order chi connectivity index (χ0) is 18.2. The Morgan fingerprint density at radius 2 is 1.92 bits per heavy atom. The smallest absolute Gasteiger partial charge is 0.233 e. The molecular weight excluding hydrogens is 433 g/mol. The molecule has 1 heterocycles. The molecule has 0 aromatic heterocycles. The van der Waals surface area contributed by atoms with Gasteiger partial charge in [-0.15, -0.1) is 24.0 Å². The molecule has 25 heavy (non-hydrogen) atoms. The van der Waals surface area contributed by atoms with Crippen molar-refractivity contribution in [1.82, 2.24) is 20.9 Å².